The predicted molar refractivity (Wildman–Crippen MR) is 90.2 cm³/mol. The highest BCUT2D eigenvalue weighted by atomic mass is 32.1. The molecule has 25 heavy (non-hydrogen) atoms. The summed E-state index contributed by atoms with van der Waals surface area (Å²) in [6.07, 6.45) is -4.45. The zero-order valence-electron chi connectivity index (χ0n) is 12.8. The summed E-state index contributed by atoms with van der Waals surface area (Å²) in [5.74, 6) is 1.32. The minimum Gasteiger partial charge on any atom is -0.454 e. The number of fused-ring (bicyclic) bond motifs is 1. The summed E-state index contributed by atoms with van der Waals surface area (Å²) in [5.41, 5.74) is 5.03. The molecule has 2 aromatic carbocycles. The maximum absolute atomic E-state index is 12.9. The fourth-order valence-corrected chi connectivity index (χ4v) is 2.36. The van der Waals surface area contributed by atoms with Crippen molar-refractivity contribution in [2.75, 3.05) is 12.2 Å². The van der Waals surface area contributed by atoms with Crippen LogP contribution in [0.15, 0.2) is 42.5 Å². The molecule has 0 unspecified atom stereocenters. The first-order valence-corrected chi connectivity index (χ1v) is 7.69. The van der Waals surface area contributed by atoms with Crippen LogP contribution in [-0.4, -0.2) is 11.9 Å². The Hall–Kier alpha value is -2.68. The number of hydrogen-bond acceptors (Lipinski definition) is 4. The van der Waals surface area contributed by atoms with E-state index in [1.807, 2.05) is 12.1 Å². The lowest BCUT2D eigenvalue weighted by Crippen LogP contribution is -2.38. The quantitative estimate of drug-likeness (QED) is 0.567. The first-order valence-electron chi connectivity index (χ1n) is 7.28. The third kappa shape index (κ3) is 4.24. The molecule has 1 heterocycles. The van der Waals surface area contributed by atoms with Crippen molar-refractivity contribution >= 4 is 23.0 Å². The third-order valence-corrected chi connectivity index (χ3v) is 3.68. The minimum atomic E-state index is -4.45. The summed E-state index contributed by atoms with van der Waals surface area (Å²) < 4.78 is 49.2. The van der Waals surface area contributed by atoms with Crippen molar-refractivity contribution in [3.8, 4) is 11.5 Å². The van der Waals surface area contributed by atoms with Gasteiger partial charge < -0.3 is 14.8 Å². The zero-order valence-corrected chi connectivity index (χ0v) is 13.6. The molecule has 0 atom stereocenters. The van der Waals surface area contributed by atoms with Crippen molar-refractivity contribution in [1.82, 2.24) is 10.7 Å². The first kappa shape index (κ1) is 17.2. The van der Waals surface area contributed by atoms with Gasteiger partial charge in [-0.2, -0.15) is 13.2 Å². The second-order valence-electron chi connectivity index (χ2n) is 5.16. The number of hydrazine groups is 1. The lowest BCUT2D eigenvalue weighted by Gasteiger charge is -2.16. The number of alkyl halides is 3. The van der Waals surface area contributed by atoms with Gasteiger partial charge in [0, 0.05) is 6.54 Å². The van der Waals surface area contributed by atoms with Crippen LogP contribution in [0.2, 0.25) is 0 Å². The molecule has 0 fully saturated rings. The van der Waals surface area contributed by atoms with E-state index < -0.39 is 11.7 Å². The van der Waals surface area contributed by atoms with Crippen LogP contribution >= 0.6 is 12.2 Å². The fourth-order valence-electron chi connectivity index (χ4n) is 2.24. The molecule has 0 bridgehead atoms. The van der Waals surface area contributed by atoms with Crippen molar-refractivity contribution in [3.05, 3.63) is 53.6 Å². The number of para-hydroxylation sites is 1. The Bertz CT molecular complexity index is 783. The standard InChI is InChI=1S/C16H14F3N3O2S/c17-16(18,19)11-3-1-2-4-12(11)21-22-15(25)20-8-10-5-6-13-14(7-10)24-9-23-13/h1-7,21H,8-9H2,(H2,20,22,25). The molecule has 3 N–H and O–H groups in total. The molecule has 0 saturated heterocycles. The van der Waals surface area contributed by atoms with Crippen molar-refractivity contribution < 1.29 is 22.6 Å². The maximum atomic E-state index is 12.9. The van der Waals surface area contributed by atoms with Crippen LogP contribution in [0.1, 0.15) is 11.1 Å². The molecule has 0 radical (unpaired) electrons. The number of rotatable bonds is 4. The molecule has 5 nitrogen and oxygen atoms in total. The third-order valence-electron chi connectivity index (χ3n) is 3.43. The van der Waals surface area contributed by atoms with Gasteiger partial charge in [-0.1, -0.05) is 18.2 Å². The van der Waals surface area contributed by atoms with E-state index >= 15 is 0 Å². The van der Waals surface area contributed by atoms with E-state index in [-0.39, 0.29) is 17.6 Å². The number of anilines is 1. The zero-order chi connectivity index (χ0) is 17.9. The average molecular weight is 369 g/mol. The molecule has 0 aliphatic carbocycles. The Labute approximate surface area is 147 Å². The van der Waals surface area contributed by atoms with E-state index in [4.69, 9.17) is 21.7 Å². The molecule has 0 aromatic heterocycles. The Morgan fingerprint density at radius 2 is 1.84 bits per heavy atom. The molecule has 2 aromatic rings. The van der Waals surface area contributed by atoms with E-state index in [2.05, 4.69) is 16.2 Å². The van der Waals surface area contributed by atoms with Gasteiger partial charge in [-0.15, -0.1) is 0 Å². The van der Waals surface area contributed by atoms with E-state index in [0.29, 0.717) is 18.0 Å². The van der Waals surface area contributed by atoms with Gasteiger partial charge in [0.2, 0.25) is 6.79 Å². The van der Waals surface area contributed by atoms with Gasteiger partial charge in [0.05, 0.1) is 11.3 Å². The Balaban J connectivity index is 1.54. The van der Waals surface area contributed by atoms with Crippen molar-refractivity contribution in [3.63, 3.8) is 0 Å². The largest absolute Gasteiger partial charge is 0.454 e. The summed E-state index contributed by atoms with van der Waals surface area (Å²) in [6.45, 7) is 0.569. The van der Waals surface area contributed by atoms with E-state index in [0.717, 1.165) is 11.6 Å². The highest BCUT2D eigenvalue weighted by Crippen LogP contribution is 2.34. The van der Waals surface area contributed by atoms with Crippen molar-refractivity contribution in [2.45, 2.75) is 12.7 Å². The lowest BCUT2D eigenvalue weighted by atomic mass is 10.2. The monoisotopic (exact) mass is 369 g/mol. The minimum absolute atomic E-state index is 0.109. The molecule has 9 heteroatoms. The van der Waals surface area contributed by atoms with Crippen molar-refractivity contribution in [2.24, 2.45) is 0 Å². The Morgan fingerprint density at radius 3 is 2.64 bits per heavy atom. The number of nitrogens with one attached hydrogen (secondary N) is 3. The topological polar surface area (TPSA) is 54.5 Å². The molecular formula is C16H14F3N3O2S. The smallest absolute Gasteiger partial charge is 0.418 e. The lowest BCUT2D eigenvalue weighted by molar-refractivity contribution is -0.137. The molecular weight excluding hydrogens is 355 g/mol. The van der Waals surface area contributed by atoms with Gasteiger partial charge in [-0.3, -0.25) is 10.9 Å². The van der Waals surface area contributed by atoms with E-state index in [9.17, 15) is 13.2 Å². The summed E-state index contributed by atoms with van der Waals surface area (Å²) in [5, 5.41) is 3.06. The normalized spacial score (nSPS) is 12.6. The number of thiocarbonyl (C=S) groups is 1. The van der Waals surface area contributed by atoms with Crippen LogP contribution in [0.25, 0.3) is 0 Å². The van der Waals surface area contributed by atoms with Crippen LogP contribution < -0.4 is 25.6 Å². The second kappa shape index (κ2) is 7.06. The molecule has 1 aliphatic rings. The van der Waals surface area contributed by atoms with Crippen LogP contribution in [0.5, 0.6) is 11.5 Å². The summed E-state index contributed by atoms with van der Waals surface area (Å²) in [6, 6.07) is 10.6. The molecule has 132 valence electrons. The summed E-state index contributed by atoms with van der Waals surface area (Å²) >= 11 is 5.07. The molecule has 3 rings (SSSR count). The van der Waals surface area contributed by atoms with Crippen LogP contribution in [0.3, 0.4) is 0 Å². The molecule has 0 saturated carbocycles. The van der Waals surface area contributed by atoms with Gasteiger partial charge in [0.15, 0.2) is 16.6 Å². The predicted octanol–water partition coefficient (Wildman–Crippen LogP) is 3.43. The van der Waals surface area contributed by atoms with Gasteiger partial charge in [0.25, 0.3) is 0 Å². The molecule has 0 spiro atoms. The SMILES string of the molecule is FC(F)(F)c1ccccc1NNC(=S)NCc1ccc2c(c1)OCO2. The summed E-state index contributed by atoms with van der Waals surface area (Å²) in [7, 11) is 0. The molecule has 1 aliphatic heterocycles. The first-order chi connectivity index (χ1) is 11.9. The Kier molecular flexibility index (Phi) is 4.84. The Morgan fingerprint density at radius 1 is 1.08 bits per heavy atom. The van der Waals surface area contributed by atoms with Gasteiger partial charge in [0.1, 0.15) is 0 Å². The highest BCUT2D eigenvalue weighted by Gasteiger charge is 2.33. The number of halogens is 3. The van der Waals surface area contributed by atoms with Crippen LogP contribution in [0.4, 0.5) is 18.9 Å². The van der Waals surface area contributed by atoms with Crippen LogP contribution in [0, 0.1) is 0 Å². The number of hydrogen-bond donors (Lipinski definition) is 3. The number of ether oxygens (including phenoxy) is 2. The second-order valence-corrected chi connectivity index (χ2v) is 5.57. The summed E-state index contributed by atoms with van der Waals surface area (Å²) in [4.78, 5) is 0. The van der Waals surface area contributed by atoms with Gasteiger partial charge in [-0.25, -0.2) is 0 Å². The molecule has 0 amide bonds. The highest BCUT2D eigenvalue weighted by molar-refractivity contribution is 7.80. The maximum Gasteiger partial charge on any atom is 0.418 e. The number of benzene rings is 2. The van der Waals surface area contributed by atoms with E-state index in [1.165, 1.54) is 18.2 Å². The van der Waals surface area contributed by atoms with Crippen LogP contribution in [-0.2, 0) is 12.7 Å². The van der Waals surface area contributed by atoms with E-state index in [1.54, 1.807) is 6.07 Å². The van der Waals surface area contributed by atoms with Gasteiger partial charge >= 0.3 is 6.18 Å². The van der Waals surface area contributed by atoms with Crippen molar-refractivity contribution in [1.29, 1.82) is 0 Å². The fraction of sp³-hybridized carbons (Fsp3) is 0.188. The average Bonchev–Trinajstić information content (AvgIpc) is 3.05. The van der Waals surface area contributed by atoms with Gasteiger partial charge in [-0.05, 0) is 42.0 Å².